The number of nitrogens with zero attached hydrogens (tertiary/aromatic N) is 1. The first-order valence-electron chi connectivity index (χ1n) is 5.31. The minimum atomic E-state index is -1.10. The van der Waals surface area contributed by atoms with Gasteiger partial charge >= 0.3 is 0 Å². The van der Waals surface area contributed by atoms with Crippen LogP contribution in [0.3, 0.4) is 0 Å². The molecule has 0 bridgehead atoms. The highest BCUT2D eigenvalue weighted by Crippen LogP contribution is 2.20. The molecule has 2 N–H and O–H groups in total. The SMILES string of the molecule is CC(C)(O)C(C)(C)NC(=O)c1cccc(F)n1. The number of aromatic nitrogens is 1. The fraction of sp³-hybridized carbons (Fsp3) is 0.500. The molecule has 0 spiro atoms. The Bertz CT molecular complexity index is 425. The van der Waals surface area contributed by atoms with Gasteiger partial charge in [-0.2, -0.15) is 4.39 Å². The number of nitrogens with one attached hydrogen (secondary N) is 1. The third-order valence-corrected chi connectivity index (χ3v) is 2.90. The molecule has 0 fully saturated rings. The van der Waals surface area contributed by atoms with Crippen LogP contribution >= 0.6 is 0 Å². The van der Waals surface area contributed by atoms with E-state index in [9.17, 15) is 14.3 Å². The van der Waals surface area contributed by atoms with Gasteiger partial charge in [-0.1, -0.05) is 6.07 Å². The first-order chi connectivity index (χ1) is 7.63. The van der Waals surface area contributed by atoms with Gasteiger partial charge in [0.15, 0.2) is 0 Å². The van der Waals surface area contributed by atoms with Crippen molar-refractivity contribution in [2.45, 2.75) is 38.8 Å². The Labute approximate surface area is 99.9 Å². The van der Waals surface area contributed by atoms with Crippen LogP contribution in [0, 0.1) is 5.95 Å². The van der Waals surface area contributed by atoms with E-state index in [-0.39, 0.29) is 5.69 Å². The molecule has 0 aliphatic heterocycles. The van der Waals surface area contributed by atoms with Crippen molar-refractivity contribution in [2.75, 3.05) is 0 Å². The summed E-state index contributed by atoms with van der Waals surface area (Å²) in [5, 5.41) is 12.5. The van der Waals surface area contributed by atoms with Gasteiger partial charge in [0.1, 0.15) is 5.69 Å². The summed E-state index contributed by atoms with van der Waals surface area (Å²) in [5.74, 6) is -1.23. The third kappa shape index (κ3) is 3.23. The van der Waals surface area contributed by atoms with E-state index in [1.807, 2.05) is 0 Å². The predicted octanol–water partition coefficient (Wildman–Crippen LogP) is 1.50. The van der Waals surface area contributed by atoms with Crippen molar-refractivity contribution in [2.24, 2.45) is 0 Å². The molecule has 94 valence electrons. The molecule has 0 atom stereocenters. The zero-order chi connectivity index (χ0) is 13.3. The smallest absolute Gasteiger partial charge is 0.270 e. The van der Waals surface area contributed by atoms with Crippen LogP contribution in [0.2, 0.25) is 0 Å². The molecule has 0 saturated carbocycles. The van der Waals surface area contributed by atoms with E-state index in [2.05, 4.69) is 10.3 Å². The van der Waals surface area contributed by atoms with Gasteiger partial charge < -0.3 is 10.4 Å². The number of hydrogen-bond donors (Lipinski definition) is 2. The van der Waals surface area contributed by atoms with Crippen molar-refractivity contribution < 1.29 is 14.3 Å². The fourth-order valence-corrected chi connectivity index (χ4v) is 1.04. The molecule has 17 heavy (non-hydrogen) atoms. The van der Waals surface area contributed by atoms with Gasteiger partial charge in [-0.3, -0.25) is 4.79 Å². The summed E-state index contributed by atoms with van der Waals surface area (Å²) >= 11 is 0. The number of rotatable bonds is 3. The summed E-state index contributed by atoms with van der Waals surface area (Å²) in [6, 6.07) is 3.99. The summed E-state index contributed by atoms with van der Waals surface area (Å²) in [6.45, 7) is 6.55. The molecule has 1 aromatic heterocycles. The average molecular weight is 240 g/mol. The molecule has 1 aromatic rings. The molecule has 0 radical (unpaired) electrons. The lowest BCUT2D eigenvalue weighted by Crippen LogP contribution is -2.57. The van der Waals surface area contributed by atoms with E-state index in [0.29, 0.717) is 0 Å². The van der Waals surface area contributed by atoms with E-state index < -0.39 is 23.0 Å². The first kappa shape index (κ1) is 13.6. The van der Waals surface area contributed by atoms with Crippen LogP contribution in [0.25, 0.3) is 0 Å². The summed E-state index contributed by atoms with van der Waals surface area (Å²) < 4.78 is 12.9. The number of pyridine rings is 1. The highest BCUT2D eigenvalue weighted by molar-refractivity contribution is 5.92. The number of hydrogen-bond acceptors (Lipinski definition) is 3. The van der Waals surface area contributed by atoms with Crippen molar-refractivity contribution in [1.29, 1.82) is 0 Å². The summed E-state index contributed by atoms with van der Waals surface area (Å²) in [7, 11) is 0. The number of carbonyl (C=O) groups excluding carboxylic acids is 1. The molecule has 1 amide bonds. The van der Waals surface area contributed by atoms with E-state index >= 15 is 0 Å². The molecule has 0 saturated heterocycles. The number of aliphatic hydroxyl groups is 1. The third-order valence-electron chi connectivity index (χ3n) is 2.90. The molecule has 0 aliphatic rings. The first-order valence-corrected chi connectivity index (χ1v) is 5.31. The van der Waals surface area contributed by atoms with E-state index in [1.165, 1.54) is 12.1 Å². The van der Waals surface area contributed by atoms with Crippen molar-refractivity contribution in [3.05, 3.63) is 29.8 Å². The molecule has 1 rings (SSSR count). The second kappa shape index (κ2) is 4.41. The highest BCUT2D eigenvalue weighted by atomic mass is 19.1. The quantitative estimate of drug-likeness (QED) is 0.787. The molecular weight excluding hydrogens is 223 g/mol. The van der Waals surface area contributed by atoms with Crippen LogP contribution in [0.1, 0.15) is 38.2 Å². The minimum Gasteiger partial charge on any atom is -0.388 e. The highest BCUT2D eigenvalue weighted by Gasteiger charge is 2.36. The maximum absolute atomic E-state index is 12.9. The number of amides is 1. The van der Waals surface area contributed by atoms with Crippen LogP contribution in [-0.4, -0.2) is 27.1 Å². The van der Waals surface area contributed by atoms with Gasteiger partial charge in [-0.15, -0.1) is 0 Å². The molecule has 5 heteroatoms. The molecule has 0 aliphatic carbocycles. The average Bonchev–Trinajstić information content (AvgIpc) is 2.15. The maximum atomic E-state index is 12.9. The molecule has 4 nitrogen and oxygen atoms in total. The van der Waals surface area contributed by atoms with Gasteiger partial charge in [0.2, 0.25) is 5.95 Å². The van der Waals surface area contributed by atoms with Crippen molar-refractivity contribution >= 4 is 5.91 Å². The number of halogens is 1. The second-order valence-electron chi connectivity index (χ2n) is 4.98. The Morgan fingerprint density at radius 3 is 2.41 bits per heavy atom. The van der Waals surface area contributed by atoms with Gasteiger partial charge in [-0.25, -0.2) is 4.98 Å². The van der Waals surface area contributed by atoms with Gasteiger partial charge in [0.25, 0.3) is 5.91 Å². The Morgan fingerprint density at radius 2 is 1.94 bits per heavy atom. The zero-order valence-electron chi connectivity index (χ0n) is 10.4. The normalized spacial score (nSPS) is 12.4. The predicted molar refractivity (Wildman–Crippen MR) is 62.0 cm³/mol. The summed E-state index contributed by atoms with van der Waals surface area (Å²) in [6.07, 6.45) is 0. The Kier molecular flexibility index (Phi) is 3.52. The summed E-state index contributed by atoms with van der Waals surface area (Å²) in [5.41, 5.74) is -1.96. The van der Waals surface area contributed by atoms with Gasteiger partial charge in [0.05, 0.1) is 11.1 Å². The van der Waals surface area contributed by atoms with E-state index in [4.69, 9.17) is 0 Å². The van der Waals surface area contributed by atoms with Crippen LogP contribution in [-0.2, 0) is 0 Å². The standard InChI is InChI=1S/C12H17FN2O2/c1-11(2,12(3,4)17)15-10(16)8-6-5-7-9(13)14-8/h5-7,17H,1-4H3,(H,15,16). The molecule has 1 heterocycles. The van der Waals surface area contributed by atoms with Crippen molar-refractivity contribution in [1.82, 2.24) is 10.3 Å². The van der Waals surface area contributed by atoms with Crippen LogP contribution < -0.4 is 5.32 Å². The Balaban J connectivity index is 2.87. The van der Waals surface area contributed by atoms with Crippen molar-refractivity contribution in [3.8, 4) is 0 Å². The Hall–Kier alpha value is -1.49. The lowest BCUT2D eigenvalue weighted by Gasteiger charge is -2.37. The zero-order valence-corrected chi connectivity index (χ0v) is 10.4. The maximum Gasteiger partial charge on any atom is 0.270 e. The fourth-order valence-electron chi connectivity index (χ4n) is 1.04. The monoisotopic (exact) mass is 240 g/mol. The molecular formula is C12H17FN2O2. The lowest BCUT2D eigenvalue weighted by molar-refractivity contribution is -0.00303. The van der Waals surface area contributed by atoms with Crippen LogP contribution in [0.5, 0.6) is 0 Å². The van der Waals surface area contributed by atoms with Crippen molar-refractivity contribution in [3.63, 3.8) is 0 Å². The Morgan fingerprint density at radius 1 is 1.35 bits per heavy atom. The van der Waals surface area contributed by atoms with Crippen LogP contribution in [0.4, 0.5) is 4.39 Å². The van der Waals surface area contributed by atoms with Gasteiger partial charge in [0, 0.05) is 0 Å². The van der Waals surface area contributed by atoms with E-state index in [0.717, 1.165) is 6.07 Å². The van der Waals surface area contributed by atoms with E-state index in [1.54, 1.807) is 27.7 Å². The second-order valence-corrected chi connectivity index (χ2v) is 4.98. The number of carbonyl (C=O) groups is 1. The van der Waals surface area contributed by atoms with Gasteiger partial charge in [-0.05, 0) is 39.8 Å². The lowest BCUT2D eigenvalue weighted by atomic mass is 9.86. The summed E-state index contributed by atoms with van der Waals surface area (Å²) in [4.78, 5) is 15.3. The van der Waals surface area contributed by atoms with Crippen LogP contribution in [0.15, 0.2) is 18.2 Å². The molecule has 0 aromatic carbocycles. The topological polar surface area (TPSA) is 62.2 Å². The minimum absolute atomic E-state index is 0.0117. The largest absolute Gasteiger partial charge is 0.388 e. The molecule has 0 unspecified atom stereocenters.